The van der Waals surface area contributed by atoms with Crippen LogP contribution < -0.4 is 5.56 Å². The monoisotopic (exact) mass is 348 g/mol. The number of hydrogen-bond acceptors (Lipinski definition) is 5. The van der Waals surface area contributed by atoms with Crippen LogP contribution in [0.5, 0.6) is 0 Å². The van der Waals surface area contributed by atoms with Crippen molar-refractivity contribution in [1.29, 1.82) is 0 Å². The van der Waals surface area contributed by atoms with Crippen molar-refractivity contribution in [3.63, 3.8) is 0 Å². The highest BCUT2D eigenvalue weighted by Gasteiger charge is 2.36. The zero-order valence-electron chi connectivity index (χ0n) is 13.4. The molecule has 2 amide bonds. The molecule has 8 heteroatoms. The number of fused-ring (bicyclic) bond motifs is 1. The van der Waals surface area contributed by atoms with E-state index in [-0.39, 0.29) is 29.2 Å². The molecule has 1 saturated carbocycles. The van der Waals surface area contributed by atoms with E-state index in [4.69, 9.17) is 0 Å². The third-order valence-electron chi connectivity index (χ3n) is 4.89. The van der Waals surface area contributed by atoms with E-state index >= 15 is 0 Å². The van der Waals surface area contributed by atoms with Crippen molar-refractivity contribution >= 4 is 23.6 Å². The first-order valence-electron chi connectivity index (χ1n) is 8.39. The van der Waals surface area contributed by atoms with Gasteiger partial charge >= 0.3 is 0 Å². The average Bonchev–Trinajstić information content (AvgIpc) is 3.46. The number of hydrogen-bond donors (Lipinski definition) is 0. The maximum absolute atomic E-state index is 12.8. The number of amides is 2. The molecule has 1 aliphatic carbocycles. The predicted octanol–water partition coefficient (Wildman–Crippen LogP) is 0.0460. The van der Waals surface area contributed by atoms with E-state index in [9.17, 15) is 14.4 Å². The summed E-state index contributed by atoms with van der Waals surface area (Å²) in [5.74, 6) is 1.02. The van der Waals surface area contributed by atoms with Crippen molar-refractivity contribution in [3.8, 4) is 0 Å². The van der Waals surface area contributed by atoms with Gasteiger partial charge in [-0.15, -0.1) is 0 Å². The Morgan fingerprint density at radius 1 is 1.04 bits per heavy atom. The minimum Gasteiger partial charge on any atom is -0.339 e. The number of carbonyl (C=O) groups excluding carboxylic acids is 2. The van der Waals surface area contributed by atoms with Crippen molar-refractivity contribution in [2.75, 3.05) is 31.9 Å². The Kier molecular flexibility index (Phi) is 4.07. The minimum absolute atomic E-state index is 0.0856. The fourth-order valence-corrected chi connectivity index (χ4v) is 4.35. The quantitative estimate of drug-likeness (QED) is 0.706. The maximum atomic E-state index is 12.8. The fourth-order valence-electron chi connectivity index (χ4n) is 3.29. The van der Waals surface area contributed by atoms with Crippen molar-refractivity contribution in [2.45, 2.75) is 24.5 Å². The number of thioether (sulfide) groups is 1. The molecule has 1 atom stereocenters. The molecular formula is C16H20N4O3S. The molecule has 128 valence electrons. The van der Waals surface area contributed by atoms with Crippen LogP contribution in [0.4, 0.5) is 0 Å². The van der Waals surface area contributed by atoms with Crippen LogP contribution in [-0.4, -0.2) is 63.1 Å². The SMILES string of the molecule is O=C(C1CC1)N1CCN(C(=O)C2CSc3nccc(=O)n3C2)CC1. The van der Waals surface area contributed by atoms with Gasteiger partial charge in [-0.3, -0.25) is 19.0 Å². The van der Waals surface area contributed by atoms with Gasteiger partial charge in [-0.2, -0.15) is 0 Å². The second-order valence-corrected chi connectivity index (χ2v) is 7.60. The van der Waals surface area contributed by atoms with Crippen LogP contribution in [0.2, 0.25) is 0 Å². The molecule has 24 heavy (non-hydrogen) atoms. The van der Waals surface area contributed by atoms with E-state index in [0.29, 0.717) is 43.6 Å². The lowest BCUT2D eigenvalue weighted by molar-refractivity contribution is -0.142. The van der Waals surface area contributed by atoms with Crippen LogP contribution in [0.15, 0.2) is 22.2 Å². The lowest BCUT2D eigenvalue weighted by Gasteiger charge is -2.37. The van der Waals surface area contributed by atoms with Crippen LogP contribution >= 0.6 is 11.8 Å². The predicted molar refractivity (Wildman–Crippen MR) is 88.6 cm³/mol. The largest absolute Gasteiger partial charge is 0.339 e. The van der Waals surface area contributed by atoms with E-state index in [1.807, 2.05) is 9.80 Å². The third kappa shape index (κ3) is 2.94. The van der Waals surface area contributed by atoms with Crippen LogP contribution in [-0.2, 0) is 16.1 Å². The van der Waals surface area contributed by atoms with Gasteiger partial charge in [-0.1, -0.05) is 11.8 Å². The molecule has 3 heterocycles. The number of rotatable bonds is 2. The van der Waals surface area contributed by atoms with E-state index < -0.39 is 0 Å². The molecule has 3 aliphatic rings. The number of nitrogens with zero attached hydrogens (tertiary/aromatic N) is 4. The summed E-state index contributed by atoms with van der Waals surface area (Å²) in [7, 11) is 0. The number of carbonyl (C=O) groups is 2. The Balaban J connectivity index is 1.38. The van der Waals surface area contributed by atoms with E-state index in [1.165, 1.54) is 24.0 Å². The van der Waals surface area contributed by atoms with Gasteiger partial charge in [0.15, 0.2) is 5.16 Å². The van der Waals surface area contributed by atoms with Crippen LogP contribution in [0, 0.1) is 11.8 Å². The van der Waals surface area contributed by atoms with Crippen LogP contribution in [0.3, 0.4) is 0 Å². The summed E-state index contributed by atoms with van der Waals surface area (Å²) in [6.45, 7) is 2.83. The van der Waals surface area contributed by atoms with Gasteiger partial charge in [0.05, 0.1) is 5.92 Å². The first-order chi connectivity index (χ1) is 11.6. The molecule has 1 saturated heterocycles. The topological polar surface area (TPSA) is 75.5 Å². The average molecular weight is 348 g/mol. The molecule has 4 rings (SSSR count). The van der Waals surface area contributed by atoms with Crippen LogP contribution in [0.25, 0.3) is 0 Å². The number of piperazine rings is 1. The number of aromatic nitrogens is 2. The first-order valence-corrected chi connectivity index (χ1v) is 9.38. The highest BCUT2D eigenvalue weighted by atomic mass is 32.2. The van der Waals surface area contributed by atoms with Gasteiger partial charge in [0, 0.05) is 56.7 Å². The molecule has 1 unspecified atom stereocenters. The minimum atomic E-state index is -0.199. The molecule has 2 aliphatic heterocycles. The summed E-state index contributed by atoms with van der Waals surface area (Å²) < 4.78 is 1.59. The molecular weight excluding hydrogens is 328 g/mol. The zero-order valence-corrected chi connectivity index (χ0v) is 14.2. The molecule has 0 aromatic carbocycles. The van der Waals surface area contributed by atoms with E-state index in [1.54, 1.807) is 4.57 Å². The highest BCUT2D eigenvalue weighted by Crippen LogP contribution is 2.31. The molecule has 1 aromatic heterocycles. The Bertz CT molecular complexity index is 722. The van der Waals surface area contributed by atoms with E-state index in [0.717, 1.165) is 12.8 Å². The maximum Gasteiger partial charge on any atom is 0.254 e. The summed E-state index contributed by atoms with van der Waals surface area (Å²) >= 11 is 1.46. The fraction of sp³-hybridized carbons (Fsp3) is 0.625. The summed E-state index contributed by atoms with van der Waals surface area (Å²) in [6.07, 6.45) is 3.54. The van der Waals surface area contributed by atoms with Crippen LogP contribution in [0.1, 0.15) is 12.8 Å². The van der Waals surface area contributed by atoms with Crippen molar-refractivity contribution in [1.82, 2.24) is 19.4 Å². The molecule has 0 bridgehead atoms. The van der Waals surface area contributed by atoms with Crippen molar-refractivity contribution < 1.29 is 9.59 Å². The van der Waals surface area contributed by atoms with Gasteiger partial charge in [0.1, 0.15) is 0 Å². The molecule has 7 nitrogen and oxygen atoms in total. The zero-order chi connectivity index (χ0) is 16.7. The third-order valence-corrected chi connectivity index (χ3v) is 6.05. The standard InChI is InChI=1S/C16H20N4O3S/c21-13-3-4-17-16-20(13)9-12(10-24-16)15(23)19-7-5-18(6-8-19)14(22)11-1-2-11/h3-4,11-12H,1-2,5-10H2. The van der Waals surface area contributed by atoms with Gasteiger partial charge in [-0.25, -0.2) is 4.98 Å². The normalized spacial score (nSPS) is 23.8. The van der Waals surface area contributed by atoms with Crippen molar-refractivity contribution in [2.24, 2.45) is 11.8 Å². The molecule has 1 aromatic rings. The van der Waals surface area contributed by atoms with Crippen molar-refractivity contribution in [3.05, 3.63) is 22.6 Å². The Labute approximate surface area is 144 Å². The second-order valence-electron chi connectivity index (χ2n) is 6.61. The summed E-state index contributed by atoms with van der Waals surface area (Å²) in [6, 6.07) is 1.43. The lowest BCUT2D eigenvalue weighted by atomic mass is 10.1. The molecule has 0 radical (unpaired) electrons. The lowest BCUT2D eigenvalue weighted by Crippen LogP contribution is -2.53. The molecule has 2 fully saturated rings. The van der Waals surface area contributed by atoms with Gasteiger partial charge in [-0.05, 0) is 12.8 Å². The molecule has 0 spiro atoms. The Hall–Kier alpha value is -1.83. The van der Waals surface area contributed by atoms with Gasteiger partial charge in [0.25, 0.3) is 5.56 Å². The summed E-state index contributed by atoms with van der Waals surface area (Å²) in [4.78, 5) is 44.7. The Morgan fingerprint density at radius 3 is 2.29 bits per heavy atom. The smallest absolute Gasteiger partial charge is 0.254 e. The summed E-state index contributed by atoms with van der Waals surface area (Å²) in [5, 5.41) is 0.686. The second kappa shape index (κ2) is 6.23. The molecule has 0 N–H and O–H groups in total. The Morgan fingerprint density at radius 2 is 1.67 bits per heavy atom. The van der Waals surface area contributed by atoms with Gasteiger partial charge in [0.2, 0.25) is 11.8 Å². The first kappa shape index (κ1) is 15.7. The summed E-state index contributed by atoms with van der Waals surface area (Å²) in [5.41, 5.74) is -0.107. The highest BCUT2D eigenvalue weighted by molar-refractivity contribution is 7.99. The van der Waals surface area contributed by atoms with E-state index in [2.05, 4.69) is 4.98 Å². The van der Waals surface area contributed by atoms with Gasteiger partial charge < -0.3 is 9.80 Å².